The third-order valence-electron chi connectivity index (χ3n) is 6.72. The summed E-state index contributed by atoms with van der Waals surface area (Å²) in [7, 11) is 1.35. The molecule has 0 spiro atoms. The SMILES string of the molecule is COC(=O)C1=C(C2CCN(c3ncc(C)c(C(=O)O)n3)CC2)NC(c2nccs2)=NC1c1ccc(Br)cc1Cl. The van der Waals surface area contributed by atoms with Crippen molar-refractivity contribution >= 4 is 62.6 Å². The number of nitrogens with zero attached hydrogens (tertiary/aromatic N) is 5. The first-order valence-electron chi connectivity index (χ1n) is 12.1. The number of hydrogen-bond donors (Lipinski definition) is 2. The number of carboxylic acids is 1. The molecule has 1 aromatic carbocycles. The average Bonchev–Trinajstić information content (AvgIpc) is 3.47. The summed E-state index contributed by atoms with van der Waals surface area (Å²) >= 11 is 11.5. The molecular formula is C26H24BrClN6O4S. The van der Waals surface area contributed by atoms with E-state index in [4.69, 9.17) is 21.3 Å². The minimum absolute atomic E-state index is 0.00900. The number of amidine groups is 1. The zero-order chi connectivity index (χ0) is 27.7. The predicted molar refractivity (Wildman–Crippen MR) is 151 cm³/mol. The van der Waals surface area contributed by atoms with Crippen LogP contribution in [0, 0.1) is 12.8 Å². The Kier molecular flexibility index (Phi) is 7.96. The minimum atomic E-state index is -1.09. The first kappa shape index (κ1) is 27.2. The van der Waals surface area contributed by atoms with Crippen molar-refractivity contribution in [1.82, 2.24) is 20.3 Å². The van der Waals surface area contributed by atoms with Crippen molar-refractivity contribution in [1.29, 1.82) is 0 Å². The number of hydrogen-bond acceptors (Lipinski definition) is 10. The molecule has 3 aromatic rings. The highest BCUT2D eigenvalue weighted by atomic mass is 79.9. The number of nitrogens with one attached hydrogen (secondary N) is 1. The van der Waals surface area contributed by atoms with Crippen molar-refractivity contribution in [3.05, 3.63) is 78.6 Å². The van der Waals surface area contributed by atoms with Crippen molar-refractivity contribution in [2.24, 2.45) is 10.9 Å². The summed E-state index contributed by atoms with van der Waals surface area (Å²) in [5.74, 6) is -0.676. The zero-order valence-corrected chi connectivity index (χ0v) is 24.2. The number of carboxylic acid groups (broad SMARTS) is 1. The Labute approximate surface area is 241 Å². The van der Waals surface area contributed by atoms with Crippen LogP contribution < -0.4 is 10.2 Å². The third-order valence-corrected chi connectivity index (χ3v) is 8.32. The van der Waals surface area contributed by atoms with Gasteiger partial charge in [-0.05, 0) is 31.9 Å². The van der Waals surface area contributed by atoms with Crippen molar-refractivity contribution in [2.45, 2.75) is 25.8 Å². The van der Waals surface area contributed by atoms with Crippen LogP contribution in [0.25, 0.3) is 0 Å². The van der Waals surface area contributed by atoms with Crippen LogP contribution in [0.3, 0.4) is 0 Å². The van der Waals surface area contributed by atoms with E-state index >= 15 is 0 Å². The molecule has 0 saturated carbocycles. The highest BCUT2D eigenvalue weighted by Crippen LogP contribution is 2.40. The zero-order valence-electron chi connectivity index (χ0n) is 21.0. The van der Waals surface area contributed by atoms with Crippen LogP contribution in [-0.2, 0) is 9.53 Å². The van der Waals surface area contributed by atoms with E-state index in [0.29, 0.717) is 64.4 Å². The Morgan fingerprint density at radius 2 is 2.03 bits per heavy atom. The molecule has 1 unspecified atom stereocenters. The van der Waals surface area contributed by atoms with Crippen molar-refractivity contribution in [3.63, 3.8) is 0 Å². The second-order valence-electron chi connectivity index (χ2n) is 9.10. The number of anilines is 1. The Morgan fingerprint density at radius 1 is 1.26 bits per heavy atom. The number of aromatic carboxylic acids is 1. The molecule has 1 fully saturated rings. The van der Waals surface area contributed by atoms with E-state index in [1.54, 1.807) is 19.2 Å². The lowest BCUT2D eigenvalue weighted by atomic mass is 9.86. The third kappa shape index (κ3) is 5.54. The maximum atomic E-state index is 13.3. The van der Waals surface area contributed by atoms with Gasteiger partial charge in [0.25, 0.3) is 0 Å². The van der Waals surface area contributed by atoms with Crippen molar-refractivity contribution in [3.8, 4) is 0 Å². The van der Waals surface area contributed by atoms with Gasteiger partial charge in [-0.1, -0.05) is 33.6 Å². The molecule has 1 atom stereocenters. The second-order valence-corrected chi connectivity index (χ2v) is 11.3. The lowest BCUT2D eigenvalue weighted by Gasteiger charge is -2.36. The van der Waals surface area contributed by atoms with Crippen LogP contribution in [0.1, 0.15) is 45.5 Å². The van der Waals surface area contributed by atoms with Crippen molar-refractivity contribution < 1.29 is 19.4 Å². The standard InChI is InChI=1S/C26H24BrClN6O4S/c1-13-12-30-26(33-19(13)24(35)36)34-8-5-14(6-9-34)20-18(25(37)38-2)21(16-4-3-15(27)11-17(16)28)32-22(31-20)23-29-7-10-39-23/h3-4,7,10-12,14,21H,5-6,8-9H2,1-2H3,(H,31,32)(H,35,36). The molecule has 2 aromatic heterocycles. The summed E-state index contributed by atoms with van der Waals surface area (Å²) in [4.78, 5) is 44.7. The first-order chi connectivity index (χ1) is 18.8. The van der Waals surface area contributed by atoms with E-state index in [1.165, 1.54) is 24.6 Å². The van der Waals surface area contributed by atoms with Crippen LogP contribution >= 0.6 is 38.9 Å². The number of carbonyl (C=O) groups is 2. The average molecular weight is 632 g/mol. The molecular weight excluding hydrogens is 608 g/mol. The number of rotatable bonds is 6. The molecule has 4 heterocycles. The number of carbonyl (C=O) groups excluding carboxylic acids is 1. The van der Waals surface area contributed by atoms with Gasteiger partial charge in [0, 0.05) is 63.1 Å². The minimum Gasteiger partial charge on any atom is -0.476 e. The van der Waals surface area contributed by atoms with E-state index in [0.717, 1.165) is 10.2 Å². The number of piperidine rings is 1. The van der Waals surface area contributed by atoms with Gasteiger partial charge in [0.15, 0.2) is 16.5 Å². The van der Waals surface area contributed by atoms with Crippen LogP contribution in [0.5, 0.6) is 0 Å². The van der Waals surface area contributed by atoms with Gasteiger partial charge in [0.1, 0.15) is 6.04 Å². The summed E-state index contributed by atoms with van der Waals surface area (Å²) in [5, 5.41) is 15.9. The normalized spacial score (nSPS) is 18.0. The van der Waals surface area contributed by atoms with E-state index in [2.05, 4.69) is 36.2 Å². The van der Waals surface area contributed by atoms with Gasteiger partial charge in [-0.2, -0.15) is 0 Å². The topological polar surface area (TPSA) is 130 Å². The molecule has 0 amide bonds. The highest BCUT2D eigenvalue weighted by molar-refractivity contribution is 9.10. The Hall–Kier alpha value is -3.35. The number of aryl methyl sites for hydroxylation is 1. The second kappa shape index (κ2) is 11.4. The molecule has 10 nitrogen and oxygen atoms in total. The largest absolute Gasteiger partial charge is 0.476 e. The van der Waals surface area contributed by atoms with Crippen LogP contribution in [0.15, 0.2) is 56.7 Å². The van der Waals surface area contributed by atoms with Crippen LogP contribution in [0.4, 0.5) is 5.95 Å². The van der Waals surface area contributed by atoms with Crippen LogP contribution in [-0.4, -0.2) is 58.0 Å². The van der Waals surface area contributed by atoms with Gasteiger partial charge in [-0.3, -0.25) is 4.99 Å². The molecule has 0 radical (unpaired) electrons. The number of aromatic nitrogens is 3. The number of thiazole rings is 1. The summed E-state index contributed by atoms with van der Waals surface area (Å²) in [6.45, 7) is 2.81. The Balaban J connectivity index is 1.51. The van der Waals surface area contributed by atoms with E-state index in [1.807, 2.05) is 22.4 Å². The highest BCUT2D eigenvalue weighted by Gasteiger charge is 2.37. The summed E-state index contributed by atoms with van der Waals surface area (Å²) in [6.07, 6.45) is 4.56. The lowest BCUT2D eigenvalue weighted by molar-refractivity contribution is -0.136. The fourth-order valence-corrected chi connectivity index (χ4v) is 6.15. The Morgan fingerprint density at radius 3 is 2.67 bits per heavy atom. The molecule has 2 N–H and O–H groups in total. The fraction of sp³-hybridized carbons (Fsp3) is 0.308. The maximum Gasteiger partial charge on any atom is 0.354 e. The number of allylic oxidation sites excluding steroid dienone is 1. The fourth-order valence-electron chi connectivity index (χ4n) is 4.79. The van der Waals surface area contributed by atoms with Gasteiger partial charge < -0.3 is 20.1 Å². The number of ether oxygens (including phenoxy) is 1. The molecule has 5 rings (SSSR count). The van der Waals surface area contributed by atoms with Gasteiger partial charge in [-0.15, -0.1) is 11.3 Å². The maximum absolute atomic E-state index is 13.3. The van der Waals surface area contributed by atoms with Crippen molar-refractivity contribution in [2.75, 3.05) is 25.1 Å². The summed E-state index contributed by atoms with van der Waals surface area (Å²) in [5.41, 5.74) is 2.30. The van der Waals surface area contributed by atoms with Gasteiger partial charge in [0.05, 0.1) is 12.7 Å². The molecule has 39 heavy (non-hydrogen) atoms. The predicted octanol–water partition coefficient (Wildman–Crippen LogP) is 4.79. The summed E-state index contributed by atoms with van der Waals surface area (Å²) in [6, 6.07) is 4.80. The number of halogens is 2. The van der Waals surface area contributed by atoms with Gasteiger partial charge in [0.2, 0.25) is 5.95 Å². The number of methoxy groups -OCH3 is 1. The van der Waals surface area contributed by atoms with Gasteiger partial charge in [-0.25, -0.2) is 24.5 Å². The molecule has 0 aliphatic carbocycles. The molecule has 2 aliphatic heterocycles. The van der Waals surface area contributed by atoms with E-state index in [9.17, 15) is 14.7 Å². The Bertz CT molecular complexity index is 1490. The monoisotopic (exact) mass is 630 g/mol. The molecule has 2 aliphatic rings. The first-order valence-corrected chi connectivity index (χ1v) is 14.2. The summed E-state index contributed by atoms with van der Waals surface area (Å²) < 4.78 is 6.05. The number of esters is 1. The number of aliphatic imine (C=N–C) groups is 1. The van der Waals surface area contributed by atoms with E-state index < -0.39 is 18.0 Å². The van der Waals surface area contributed by atoms with Crippen LogP contribution in [0.2, 0.25) is 5.02 Å². The lowest BCUT2D eigenvalue weighted by Crippen LogP contribution is -2.42. The molecule has 202 valence electrons. The smallest absolute Gasteiger partial charge is 0.354 e. The quantitative estimate of drug-likeness (QED) is 0.369. The molecule has 1 saturated heterocycles. The van der Waals surface area contributed by atoms with Gasteiger partial charge >= 0.3 is 11.9 Å². The molecule has 0 bridgehead atoms. The number of benzene rings is 1. The molecule has 13 heteroatoms. The van der Waals surface area contributed by atoms with E-state index in [-0.39, 0.29) is 11.6 Å².